The van der Waals surface area contributed by atoms with Gasteiger partial charge in [-0.1, -0.05) is 17.7 Å². The van der Waals surface area contributed by atoms with Crippen molar-refractivity contribution in [3.8, 4) is 0 Å². The predicted molar refractivity (Wildman–Crippen MR) is 87.8 cm³/mol. The van der Waals surface area contributed by atoms with Gasteiger partial charge in [0.2, 0.25) is 0 Å². The van der Waals surface area contributed by atoms with Crippen LogP contribution >= 0.6 is 11.6 Å². The Balaban J connectivity index is 2.02. The monoisotopic (exact) mass is 318 g/mol. The third kappa shape index (κ3) is 2.69. The zero-order valence-corrected chi connectivity index (χ0v) is 13.5. The highest BCUT2D eigenvalue weighted by atomic mass is 35.5. The van der Waals surface area contributed by atoms with Crippen molar-refractivity contribution in [1.29, 1.82) is 0 Å². The molecule has 2 unspecified atom stereocenters. The average Bonchev–Trinajstić information content (AvgIpc) is 2.95. The van der Waals surface area contributed by atoms with Gasteiger partial charge in [0, 0.05) is 17.3 Å². The van der Waals surface area contributed by atoms with Gasteiger partial charge < -0.3 is 10.0 Å². The van der Waals surface area contributed by atoms with Crippen molar-refractivity contribution in [2.45, 2.75) is 31.2 Å². The summed E-state index contributed by atoms with van der Waals surface area (Å²) in [6.07, 6.45) is 3.26. The van der Waals surface area contributed by atoms with Crippen molar-refractivity contribution in [3.63, 3.8) is 0 Å². The van der Waals surface area contributed by atoms with E-state index in [-0.39, 0.29) is 5.56 Å². The largest absolute Gasteiger partial charge is 0.478 e. The van der Waals surface area contributed by atoms with Gasteiger partial charge in [-0.3, -0.25) is 4.98 Å². The molecule has 0 bridgehead atoms. The molecule has 1 fully saturated rings. The van der Waals surface area contributed by atoms with Gasteiger partial charge in [-0.2, -0.15) is 0 Å². The summed E-state index contributed by atoms with van der Waals surface area (Å²) >= 11 is 6.42. The van der Waals surface area contributed by atoms with Gasteiger partial charge in [-0.15, -0.1) is 0 Å². The molecular weight excluding hydrogens is 300 g/mol. The summed E-state index contributed by atoms with van der Waals surface area (Å²) in [5, 5.41) is 10.5. The standard InChI is InChI=1S/C17H19ClN2O2/c1-20(2)11-7-6-10(8-11)16-14(18)9-13-12(17(21)22)4-3-5-15(13)19-16/h3-5,9-11H,6-8H2,1-2H3,(H,21,22). The van der Waals surface area contributed by atoms with Crippen LogP contribution in [0.25, 0.3) is 10.9 Å². The first-order valence-corrected chi connectivity index (χ1v) is 7.84. The number of hydrogen-bond donors (Lipinski definition) is 1. The van der Waals surface area contributed by atoms with Crippen LogP contribution in [0.1, 0.15) is 41.2 Å². The quantitative estimate of drug-likeness (QED) is 0.935. The van der Waals surface area contributed by atoms with Crippen LogP contribution in [0.3, 0.4) is 0 Å². The van der Waals surface area contributed by atoms with E-state index in [1.807, 2.05) is 6.07 Å². The lowest BCUT2D eigenvalue weighted by molar-refractivity contribution is 0.0699. The molecule has 4 nitrogen and oxygen atoms in total. The van der Waals surface area contributed by atoms with Gasteiger partial charge in [0.1, 0.15) is 0 Å². The summed E-state index contributed by atoms with van der Waals surface area (Å²) in [4.78, 5) is 18.2. The third-order valence-electron chi connectivity index (χ3n) is 4.59. The Hall–Kier alpha value is -1.65. The number of halogens is 1. The SMILES string of the molecule is CN(C)C1CCC(c2nc3cccc(C(=O)O)c3cc2Cl)C1. The van der Waals surface area contributed by atoms with Crippen LogP contribution in [0.2, 0.25) is 5.02 Å². The van der Waals surface area contributed by atoms with Gasteiger partial charge in [-0.05, 0) is 51.6 Å². The Bertz CT molecular complexity index is 730. The topological polar surface area (TPSA) is 53.4 Å². The molecule has 1 aromatic carbocycles. The van der Waals surface area contributed by atoms with Crippen LogP contribution in [-0.2, 0) is 0 Å². The number of nitrogens with zero attached hydrogens (tertiary/aromatic N) is 2. The number of benzene rings is 1. The van der Waals surface area contributed by atoms with E-state index in [1.165, 1.54) is 0 Å². The van der Waals surface area contributed by atoms with E-state index in [0.717, 1.165) is 25.0 Å². The maximum atomic E-state index is 11.3. The first-order chi connectivity index (χ1) is 10.5. The number of pyridine rings is 1. The number of fused-ring (bicyclic) bond motifs is 1. The first kappa shape index (κ1) is 15.3. The fraction of sp³-hybridized carbons (Fsp3) is 0.412. The second-order valence-corrected chi connectivity index (χ2v) is 6.57. The van der Waals surface area contributed by atoms with E-state index < -0.39 is 5.97 Å². The highest BCUT2D eigenvalue weighted by molar-refractivity contribution is 6.32. The third-order valence-corrected chi connectivity index (χ3v) is 4.89. The van der Waals surface area contributed by atoms with Gasteiger partial charge in [0.15, 0.2) is 0 Å². The molecule has 1 aromatic heterocycles. The molecule has 2 aromatic rings. The molecule has 0 amide bonds. The fourth-order valence-corrected chi connectivity index (χ4v) is 3.64. The smallest absolute Gasteiger partial charge is 0.336 e. The van der Waals surface area contributed by atoms with E-state index in [2.05, 4.69) is 24.0 Å². The molecule has 1 heterocycles. The number of carboxylic acid groups (broad SMARTS) is 1. The van der Waals surface area contributed by atoms with Crippen molar-refractivity contribution in [1.82, 2.24) is 9.88 Å². The number of rotatable bonds is 3. The van der Waals surface area contributed by atoms with E-state index in [9.17, 15) is 9.90 Å². The molecule has 1 N–H and O–H groups in total. The van der Waals surface area contributed by atoms with Crippen LogP contribution in [-0.4, -0.2) is 41.1 Å². The molecular formula is C17H19ClN2O2. The van der Waals surface area contributed by atoms with E-state index >= 15 is 0 Å². The number of aromatic carboxylic acids is 1. The van der Waals surface area contributed by atoms with Crippen molar-refractivity contribution < 1.29 is 9.90 Å². The lowest BCUT2D eigenvalue weighted by Crippen LogP contribution is -2.24. The minimum absolute atomic E-state index is 0.246. The molecule has 0 aliphatic heterocycles. The normalized spacial score (nSPS) is 21.6. The molecule has 3 rings (SSSR count). The van der Waals surface area contributed by atoms with Crippen LogP contribution < -0.4 is 0 Å². The molecule has 1 aliphatic rings. The number of hydrogen-bond acceptors (Lipinski definition) is 3. The Morgan fingerprint density at radius 2 is 2.14 bits per heavy atom. The Labute approximate surface area is 134 Å². The summed E-state index contributed by atoms with van der Waals surface area (Å²) < 4.78 is 0. The number of carbonyl (C=O) groups is 1. The van der Waals surface area contributed by atoms with Crippen molar-refractivity contribution in [2.75, 3.05) is 14.1 Å². The lowest BCUT2D eigenvalue weighted by Gasteiger charge is -2.19. The molecule has 2 atom stereocenters. The summed E-state index contributed by atoms with van der Waals surface area (Å²) in [7, 11) is 4.20. The second-order valence-electron chi connectivity index (χ2n) is 6.16. The molecule has 1 saturated carbocycles. The number of aromatic nitrogens is 1. The summed E-state index contributed by atoms with van der Waals surface area (Å²) in [6, 6.07) is 7.48. The maximum absolute atomic E-state index is 11.3. The molecule has 1 aliphatic carbocycles. The molecule has 22 heavy (non-hydrogen) atoms. The van der Waals surface area contributed by atoms with Gasteiger partial charge in [0.25, 0.3) is 0 Å². The minimum atomic E-state index is -0.954. The highest BCUT2D eigenvalue weighted by Crippen LogP contribution is 2.39. The average molecular weight is 319 g/mol. The fourth-order valence-electron chi connectivity index (χ4n) is 3.33. The van der Waals surface area contributed by atoms with Crippen molar-refractivity contribution >= 4 is 28.5 Å². The summed E-state index contributed by atoms with van der Waals surface area (Å²) in [5.41, 5.74) is 1.85. The van der Waals surface area contributed by atoms with Gasteiger partial charge >= 0.3 is 5.97 Å². The summed E-state index contributed by atoms with van der Waals surface area (Å²) in [6.45, 7) is 0. The van der Waals surface area contributed by atoms with Crippen molar-refractivity contribution in [2.24, 2.45) is 0 Å². The van der Waals surface area contributed by atoms with Gasteiger partial charge in [-0.25, -0.2) is 4.79 Å². The van der Waals surface area contributed by atoms with Crippen LogP contribution in [0.15, 0.2) is 24.3 Å². The zero-order valence-electron chi connectivity index (χ0n) is 12.7. The van der Waals surface area contributed by atoms with Crippen molar-refractivity contribution in [3.05, 3.63) is 40.5 Å². The molecule has 0 radical (unpaired) electrons. The van der Waals surface area contributed by atoms with E-state index in [1.54, 1.807) is 18.2 Å². The number of carboxylic acids is 1. The second kappa shape index (κ2) is 5.86. The van der Waals surface area contributed by atoms with Gasteiger partial charge in [0.05, 0.1) is 21.8 Å². The molecule has 0 saturated heterocycles. The maximum Gasteiger partial charge on any atom is 0.336 e. The first-order valence-electron chi connectivity index (χ1n) is 7.46. The van der Waals surface area contributed by atoms with Crippen LogP contribution in [0.4, 0.5) is 0 Å². The van der Waals surface area contributed by atoms with E-state index in [4.69, 9.17) is 11.6 Å². The zero-order chi connectivity index (χ0) is 15.9. The molecule has 5 heteroatoms. The Morgan fingerprint density at radius 1 is 1.36 bits per heavy atom. The molecule has 116 valence electrons. The Morgan fingerprint density at radius 3 is 2.77 bits per heavy atom. The van der Waals surface area contributed by atoms with Crippen LogP contribution in [0.5, 0.6) is 0 Å². The minimum Gasteiger partial charge on any atom is -0.478 e. The van der Waals surface area contributed by atoms with E-state index in [0.29, 0.717) is 27.9 Å². The lowest BCUT2D eigenvalue weighted by atomic mass is 10.0. The molecule has 0 spiro atoms. The highest BCUT2D eigenvalue weighted by Gasteiger charge is 2.29. The summed E-state index contributed by atoms with van der Waals surface area (Å²) in [5.74, 6) is -0.609. The predicted octanol–water partition coefficient (Wildman–Crippen LogP) is 3.78. The Kier molecular flexibility index (Phi) is 4.06. The van der Waals surface area contributed by atoms with Crippen LogP contribution in [0, 0.1) is 0 Å².